The van der Waals surface area contributed by atoms with Gasteiger partial charge in [0.15, 0.2) is 0 Å². The third-order valence-corrected chi connectivity index (χ3v) is 7.17. The Hall–Kier alpha value is -2.88. The summed E-state index contributed by atoms with van der Waals surface area (Å²) in [5.41, 5.74) is 9.68. The molecule has 1 heterocycles. The van der Waals surface area contributed by atoms with Crippen molar-refractivity contribution >= 4 is 5.95 Å². The summed E-state index contributed by atoms with van der Waals surface area (Å²) in [7, 11) is 0. The van der Waals surface area contributed by atoms with E-state index in [9.17, 15) is 0 Å². The second kappa shape index (κ2) is 21.8. The SMILES string of the molecule is CCCCCCCCCCCCCCCCOc1ccc(-c2cc(-[c-]3cccc3)nc(N)n2)cc1.[Fe+2].c1cc[cH-]c1. The van der Waals surface area contributed by atoms with Gasteiger partial charge < -0.3 is 10.5 Å². The Morgan fingerprint density at radius 2 is 1.24 bits per heavy atom. The van der Waals surface area contributed by atoms with Gasteiger partial charge in [-0.15, -0.1) is 12.1 Å². The van der Waals surface area contributed by atoms with Gasteiger partial charge in [0.05, 0.1) is 6.61 Å². The van der Waals surface area contributed by atoms with Crippen molar-refractivity contribution in [2.75, 3.05) is 12.3 Å². The van der Waals surface area contributed by atoms with Crippen molar-refractivity contribution in [1.82, 2.24) is 9.97 Å². The molecule has 0 atom stereocenters. The van der Waals surface area contributed by atoms with Crippen molar-refractivity contribution in [3.8, 4) is 28.3 Å². The summed E-state index contributed by atoms with van der Waals surface area (Å²) in [4.78, 5) is 8.78. The van der Waals surface area contributed by atoms with Crippen molar-refractivity contribution in [2.24, 2.45) is 0 Å². The normalized spacial score (nSPS) is 10.5. The van der Waals surface area contributed by atoms with Gasteiger partial charge >= 0.3 is 17.1 Å². The molecule has 0 bridgehead atoms. The molecule has 41 heavy (non-hydrogen) atoms. The molecule has 4 nitrogen and oxygen atoms in total. The van der Waals surface area contributed by atoms with E-state index in [1.54, 1.807) is 0 Å². The third kappa shape index (κ3) is 14.5. The monoisotopic (exact) mass is 595 g/mol. The molecule has 4 aromatic rings. The standard InChI is InChI=1S/C31H44N3O.C5H5.Fe/c1-2-3-4-5-6-7-8-9-10-11-12-13-14-17-24-35-28-22-20-27(21-23-28)30-25-29(33-31(32)34-30)26-18-15-16-19-26;1-2-4-5-3-1;/h15-16,18-23,25H,2-14,17,24H2,1H3,(H2,32,33,34);1-5H;/q2*-1;+2. The van der Waals surface area contributed by atoms with Crippen LogP contribution in [0, 0.1) is 0 Å². The largest absolute Gasteiger partial charge is 2.00 e. The first-order chi connectivity index (χ1) is 19.8. The van der Waals surface area contributed by atoms with Crippen LogP contribution in [-0.2, 0) is 17.1 Å². The van der Waals surface area contributed by atoms with E-state index in [0.29, 0.717) is 0 Å². The molecule has 0 radical (unpaired) electrons. The number of aromatic nitrogens is 2. The molecule has 0 aliphatic heterocycles. The molecule has 0 aliphatic rings. The number of benzene rings is 1. The number of hydrogen-bond donors (Lipinski definition) is 1. The summed E-state index contributed by atoms with van der Waals surface area (Å²) in [6.07, 6.45) is 19.2. The van der Waals surface area contributed by atoms with Crippen LogP contribution in [0.25, 0.3) is 22.5 Å². The van der Waals surface area contributed by atoms with Crippen LogP contribution in [-0.4, -0.2) is 16.6 Å². The van der Waals surface area contributed by atoms with Crippen molar-refractivity contribution in [3.63, 3.8) is 0 Å². The van der Waals surface area contributed by atoms with E-state index in [1.165, 1.54) is 83.5 Å². The Kier molecular flexibility index (Phi) is 18.3. The number of nitrogens with two attached hydrogens (primary N) is 1. The predicted octanol–water partition coefficient (Wildman–Crippen LogP) is 10.4. The number of anilines is 1. The average molecular weight is 596 g/mol. The topological polar surface area (TPSA) is 61.0 Å². The van der Waals surface area contributed by atoms with Gasteiger partial charge in [0.25, 0.3) is 0 Å². The molecule has 2 N–H and O–H groups in total. The Morgan fingerprint density at radius 1 is 0.707 bits per heavy atom. The van der Waals surface area contributed by atoms with Gasteiger partial charge in [0.1, 0.15) is 5.75 Å². The summed E-state index contributed by atoms with van der Waals surface area (Å²) >= 11 is 0. The number of rotatable bonds is 18. The Morgan fingerprint density at radius 3 is 1.76 bits per heavy atom. The first kappa shape index (κ1) is 34.3. The van der Waals surface area contributed by atoms with E-state index >= 15 is 0 Å². The van der Waals surface area contributed by atoms with E-state index in [-0.39, 0.29) is 23.0 Å². The van der Waals surface area contributed by atoms with Gasteiger partial charge in [0, 0.05) is 5.69 Å². The van der Waals surface area contributed by atoms with Crippen LogP contribution in [0.1, 0.15) is 96.8 Å². The number of unbranched alkanes of at least 4 members (excludes halogenated alkanes) is 13. The Bertz CT molecular complexity index is 1110. The molecule has 5 heteroatoms. The number of hydrogen-bond acceptors (Lipinski definition) is 4. The first-order valence-corrected chi connectivity index (χ1v) is 15.5. The molecule has 0 saturated heterocycles. The molecule has 0 spiro atoms. The molecule has 0 aliphatic carbocycles. The van der Waals surface area contributed by atoms with Crippen molar-refractivity contribution in [2.45, 2.75) is 96.8 Å². The molecule has 222 valence electrons. The fraction of sp³-hybridized carbons (Fsp3) is 0.444. The van der Waals surface area contributed by atoms with Crippen molar-refractivity contribution < 1.29 is 21.8 Å². The van der Waals surface area contributed by atoms with Crippen LogP contribution in [0.5, 0.6) is 5.75 Å². The van der Waals surface area contributed by atoms with Crippen LogP contribution in [0.4, 0.5) is 5.95 Å². The molecule has 0 unspecified atom stereocenters. The fourth-order valence-corrected chi connectivity index (χ4v) is 4.84. The molecule has 1 aromatic heterocycles. The number of ether oxygens (including phenoxy) is 1. The van der Waals surface area contributed by atoms with Crippen LogP contribution >= 0.6 is 0 Å². The second-order valence-corrected chi connectivity index (χ2v) is 10.6. The van der Waals surface area contributed by atoms with Crippen LogP contribution in [0.15, 0.2) is 84.9 Å². The van der Waals surface area contributed by atoms with E-state index in [0.717, 1.165) is 41.3 Å². The van der Waals surface area contributed by atoms with Gasteiger partial charge in [-0.05, 0) is 41.9 Å². The molecule has 3 aromatic carbocycles. The third-order valence-electron chi connectivity index (χ3n) is 7.17. The number of nitrogen functional groups attached to an aromatic ring is 1. The fourth-order valence-electron chi connectivity index (χ4n) is 4.84. The van der Waals surface area contributed by atoms with Gasteiger partial charge in [-0.25, -0.2) is 22.1 Å². The van der Waals surface area contributed by atoms with E-state index < -0.39 is 0 Å². The quantitative estimate of drug-likeness (QED) is 0.0706. The van der Waals surface area contributed by atoms with Crippen LogP contribution < -0.4 is 10.5 Å². The van der Waals surface area contributed by atoms with Crippen molar-refractivity contribution in [3.05, 3.63) is 84.9 Å². The van der Waals surface area contributed by atoms with E-state index in [4.69, 9.17) is 10.5 Å². The van der Waals surface area contributed by atoms with Crippen LogP contribution in [0.2, 0.25) is 0 Å². The molecule has 0 saturated carbocycles. The van der Waals surface area contributed by atoms with Gasteiger partial charge in [-0.2, -0.15) is 30.3 Å². The van der Waals surface area contributed by atoms with Crippen LogP contribution in [0.3, 0.4) is 0 Å². The summed E-state index contributed by atoms with van der Waals surface area (Å²) in [5.74, 6) is 1.19. The zero-order valence-electron chi connectivity index (χ0n) is 24.9. The molecular weight excluding hydrogens is 546 g/mol. The maximum Gasteiger partial charge on any atom is 2.00 e. The summed E-state index contributed by atoms with van der Waals surface area (Å²) in [6, 6.07) is 28.1. The minimum Gasteiger partial charge on any atom is -0.494 e. The Labute approximate surface area is 259 Å². The maximum atomic E-state index is 5.96. The summed E-state index contributed by atoms with van der Waals surface area (Å²) in [5, 5.41) is 0. The molecule has 4 rings (SSSR count). The van der Waals surface area contributed by atoms with Gasteiger partial charge in [-0.1, -0.05) is 102 Å². The maximum absolute atomic E-state index is 5.96. The minimum atomic E-state index is 0. The first-order valence-electron chi connectivity index (χ1n) is 15.5. The molecule has 0 amide bonds. The summed E-state index contributed by atoms with van der Waals surface area (Å²) < 4.78 is 5.95. The second-order valence-electron chi connectivity index (χ2n) is 10.6. The number of nitrogens with zero attached hydrogens (tertiary/aromatic N) is 2. The smallest absolute Gasteiger partial charge is 0.494 e. The molecular formula is C36H49FeN3O. The van der Waals surface area contributed by atoms with Gasteiger partial charge in [0.2, 0.25) is 5.95 Å². The Balaban J connectivity index is 0.000000883. The predicted molar refractivity (Wildman–Crippen MR) is 171 cm³/mol. The zero-order chi connectivity index (χ0) is 28.1. The average Bonchev–Trinajstić information content (AvgIpc) is 3.73. The van der Waals surface area contributed by atoms with Gasteiger partial charge in [-0.3, -0.25) is 0 Å². The minimum absolute atomic E-state index is 0. The zero-order valence-corrected chi connectivity index (χ0v) is 26.0. The molecule has 0 fully saturated rings. The summed E-state index contributed by atoms with van der Waals surface area (Å²) in [6.45, 7) is 3.06. The van der Waals surface area contributed by atoms with E-state index in [2.05, 4.69) is 16.9 Å². The van der Waals surface area contributed by atoms with Crippen molar-refractivity contribution in [1.29, 1.82) is 0 Å². The van der Waals surface area contributed by atoms with E-state index in [1.807, 2.05) is 84.9 Å².